The van der Waals surface area contributed by atoms with E-state index in [9.17, 15) is 0 Å². The lowest BCUT2D eigenvalue weighted by atomic mass is 10.1. The molecule has 6 nitrogen and oxygen atoms in total. The first-order chi connectivity index (χ1) is 10.6. The van der Waals surface area contributed by atoms with Gasteiger partial charge in [0.25, 0.3) is 0 Å². The summed E-state index contributed by atoms with van der Waals surface area (Å²) in [4.78, 5) is 4.72. The predicted octanol–water partition coefficient (Wildman–Crippen LogP) is 2.82. The molecule has 0 aliphatic rings. The van der Waals surface area contributed by atoms with E-state index in [0.29, 0.717) is 12.5 Å². The Morgan fingerprint density at radius 1 is 1.23 bits per heavy atom. The third-order valence-electron chi connectivity index (χ3n) is 3.82. The Morgan fingerprint density at radius 2 is 2.05 bits per heavy atom. The molecule has 0 aliphatic heterocycles. The highest BCUT2D eigenvalue weighted by atomic mass is 15.4. The van der Waals surface area contributed by atoms with Crippen LogP contribution in [0.5, 0.6) is 0 Å². The van der Waals surface area contributed by atoms with Gasteiger partial charge in [-0.05, 0) is 24.5 Å². The van der Waals surface area contributed by atoms with E-state index >= 15 is 0 Å². The molecular formula is C16H22N6. The molecule has 1 N–H and O–H groups in total. The maximum atomic E-state index is 4.72. The monoisotopic (exact) mass is 298 g/mol. The van der Waals surface area contributed by atoms with E-state index < -0.39 is 0 Å². The highest BCUT2D eigenvalue weighted by molar-refractivity contribution is 5.78. The van der Waals surface area contributed by atoms with Crippen molar-refractivity contribution in [3.05, 3.63) is 36.2 Å². The maximum Gasteiger partial charge on any atom is 0.204 e. The number of aryl methyl sites for hydroxylation is 2. The van der Waals surface area contributed by atoms with Crippen LogP contribution in [0.1, 0.15) is 26.0 Å². The number of benzene rings is 1. The van der Waals surface area contributed by atoms with E-state index in [4.69, 9.17) is 4.98 Å². The molecule has 2 heterocycles. The topological polar surface area (TPSA) is 60.6 Å². The van der Waals surface area contributed by atoms with Crippen LogP contribution in [0.3, 0.4) is 0 Å². The van der Waals surface area contributed by atoms with Gasteiger partial charge in [-0.3, -0.25) is 4.68 Å². The Kier molecular flexibility index (Phi) is 4.09. The summed E-state index contributed by atoms with van der Waals surface area (Å²) in [6, 6.07) is 8.26. The van der Waals surface area contributed by atoms with Gasteiger partial charge in [-0.25, -0.2) is 4.98 Å². The Bertz CT molecular complexity index is 755. The zero-order valence-electron chi connectivity index (χ0n) is 13.3. The molecule has 6 heteroatoms. The van der Waals surface area contributed by atoms with E-state index in [1.165, 1.54) is 5.52 Å². The second kappa shape index (κ2) is 6.17. The van der Waals surface area contributed by atoms with Gasteiger partial charge in [0, 0.05) is 13.6 Å². The fourth-order valence-corrected chi connectivity index (χ4v) is 2.46. The number of imidazole rings is 1. The molecule has 22 heavy (non-hydrogen) atoms. The second-order valence-electron chi connectivity index (χ2n) is 5.96. The van der Waals surface area contributed by atoms with Crippen LogP contribution in [0, 0.1) is 5.92 Å². The Morgan fingerprint density at radius 3 is 2.77 bits per heavy atom. The maximum absolute atomic E-state index is 4.72. The average Bonchev–Trinajstić information content (AvgIpc) is 3.06. The van der Waals surface area contributed by atoms with Crippen LogP contribution < -0.4 is 5.32 Å². The molecule has 0 bridgehead atoms. The third kappa shape index (κ3) is 2.95. The van der Waals surface area contributed by atoms with Crippen molar-refractivity contribution in [1.82, 2.24) is 24.5 Å². The normalized spacial score (nSPS) is 11.5. The van der Waals surface area contributed by atoms with E-state index in [0.717, 1.165) is 30.1 Å². The molecule has 2 aromatic heterocycles. The first-order valence-corrected chi connectivity index (χ1v) is 7.68. The van der Waals surface area contributed by atoms with Crippen molar-refractivity contribution < 1.29 is 0 Å². The molecule has 0 radical (unpaired) electrons. The number of nitrogens with one attached hydrogen (secondary N) is 1. The molecule has 0 amide bonds. The molecule has 0 saturated heterocycles. The van der Waals surface area contributed by atoms with Crippen molar-refractivity contribution in [1.29, 1.82) is 0 Å². The lowest BCUT2D eigenvalue weighted by molar-refractivity contribution is 0.525. The predicted molar refractivity (Wildman–Crippen MR) is 87.5 cm³/mol. The molecule has 0 saturated carbocycles. The van der Waals surface area contributed by atoms with Gasteiger partial charge in [0.1, 0.15) is 0 Å². The molecule has 0 atom stereocenters. The van der Waals surface area contributed by atoms with Gasteiger partial charge in [-0.1, -0.05) is 31.2 Å². The lowest BCUT2D eigenvalue weighted by Gasteiger charge is -2.12. The van der Waals surface area contributed by atoms with E-state index in [-0.39, 0.29) is 0 Å². The molecule has 0 fully saturated rings. The largest absolute Gasteiger partial charge is 0.350 e. The number of nitrogens with zero attached hydrogens (tertiary/aromatic N) is 5. The number of fused-ring (bicyclic) bond motifs is 1. The first kappa shape index (κ1) is 14.6. The Labute approximate surface area is 130 Å². The van der Waals surface area contributed by atoms with E-state index in [1.54, 1.807) is 10.9 Å². The SMILES string of the molecule is CC(C)CCn1c(NCc2cnnn2C)nc2ccccc21. The van der Waals surface area contributed by atoms with Gasteiger partial charge in [0.05, 0.1) is 29.5 Å². The second-order valence-corrected chi connectivity index (χ2v) is 5.96. The lowest BCUT2D eigenvalue weighted by Crippen LogP contribution is -2.11. The van der Waals surface area contributed by atoms with Crippen molar-refractivity contribution >= 4 is 17.0 Å². The van der Waals surface area contributed by atoms with Crippen LogP contribution in [0.2, 0.25) is 0 Å². The van der Waals surface area contributed by atoms with Crippen molar-refractivity contribution in [2.75, 3.05) is 5.32 Å². The number of rotatable bonds is 6. The van der Waals surface area contributed by atoms with Crippen LogP contribution in [0.25, 0.3) is 11.0 Å². The minimum Gasteiger partial charge on any atom is -0.350 e. The van der Waals surface area contributed by atoms with Gasteiger partial charge in [-0.15, -0.1) is 5.10 Å². The van der Waals surface area contributed by atoms with Crippen molar-refractivity contribution in [3.8, 4) is 0 Å². The standard InChI is InChI=1S/C16H22N6/c1-12(2)8-9-22-15-7-5-4-6-14(15)19-16(22)17-10-13-11-18-20-21(13)3/h4-7,11-12H,8-10H2,1-3H3,(H,17,19). The minimum atomic E-state index is 0.661. The van der Waals surface area contributed by atoms with Crippen LogP contribution in [0.4, 0.5) is 5.95 Å². The van der Waals surface area contributed by atoms with Gasteiger partial charge >= 0.3 is 0 Å². The molecule has 0 unspecified atom stereocenters. The fourth-order valence-electron chi connectivity index (χ4n) is 2.46. The quantitative estimate of drug-likeness (QED) is 0.760. The van der Waals surface area contributed by atoms with Crippen LogP contribution in [0.15, 0.2) is 30.5 Å². The van der Waals surface area contributed by atoms with Crippen LogP contribution >= 0.6 is 0 Å². The first-order valence-electron chi connectivity index (χ1n) is 7.68. The molecule has 0 spiro atoms. The van der Waals surface area contributed by atoms with Crippen molar-refractivity contribution in [3.63, 3.8) is 0 Å². The summed E-state index contributed by atoms with van der Waals surface area (Å²) in [5.41, 5.74) is 3.23. The number of anilines is 1. The van der Waals surface area contributed by atoms with Gasteiger partial charge < -0.3 is 9.88 Å². The Hall–Kier alpha value is -2.37. The van der Waals surface area contributed by atoms with Crippen LogP contribution in [-0.4, -0.2) is 24.5 Å². The third-order valence-corrected chi connectivity index (χ3v) is 3.82. The smallest absolute Gasteiger partial charge is 0.204 e. The number of hydrogen-bond acceptors (Lipinski definition) is 4. The highest BCUT2D eigenvalue weighted by Crippen LogP contribution is 2.21. The summed E-state index contributed by atoms with van der Waals surface area (Å²) in [5, 5.41) is 11.3. The van der Waals surface area contributed by atoms with Gasteiger partial charge in [0.15, 0.2) is 0 Å². The van der Waals surface area contributed by atoms with Gasteiger partial charge in [-0.2, -0.15) is 0 Å². The van der Waals surface area contributed by atoms with Crippen molar-refractivity contribution in [2.24, 2.45) is 13.0 Å². The summed E-state index contributed by atoms with van der Waals surface area (Å²) >= 11 is 0. The zero-order chi connectivity index (χ0) is 15.5. The Balaban J connectivity index is 1.86. The summed E-state index contributed by atoms with van der Waals surface area (Å²) < 4.78 is 4.03. The van der Waals surface area contributed by atoms with Crippen molar-refractivity contribution in [2.45, 2.75) is 33.4 Å². The number of para-hydroxylation sites is 2. The molecular weight excluding hydrogens is 276 g/mol. The van der Waals surface area contributed by atoms with E-state index in [1.807, 2.05) is 13.1 Å². The highest BCUT2D eigenvalue weighted by Gasteiger charge is 2.11. The summed E-state index contributed by atoms with van der Waals surface area (Å²) in [5.74, 6) is 1.57. The van der Waals surface area contributed by atoms with Gasteiger partial charge in [0.2, 0.25) is 5.95 Å². The zero-order valence-corrected chi connectivity index (χ0v) is 13.3. The fraction of sp³-hybridized carbons (Fsp3) is 0.438. The summed E-state index contributed by atoms with van der Waals surface area (Å²) in [6.07, 6.45) is 2.90. The molecule has 0 aliphatic carbocycles. The summed E-state index contributed by atoms with van der Waals surface area (Å²) in [6.45, 7) is 6.11. The van der Waals surface area contributed by atoms with Crippen LogP contribution in [-0.2, 0) is 20.1 Å². The molecule has 116 valence electrons. The number of hydrogen-bond donors (Lipinski definition) is 1. The number of aromatic nitrogens is 5. The summed E-state index contributed by atoms with van der Waals surface area (Å²) in [7, 11) is 1.89. The molecule has 1 aromatic carbocycles. The molecule has 3 rings (SSSR count). The average molecular weight is 298 g/mol. The molecule has 3 aromatic rings. The van der Waals surface area contributed by atoms with E-state index in [2.05, 4.69) is 52.2 Å². The minimum absolute atomic E-state index is 0.661.